The number of aryl methyl sites for hydroxylation is 2. The quantitative estimate of drug-likeness (QED) is 0.767. The molecule has 0 saturated carbocycles. The van der Waals surface area contributed by atoms with Gasteiger partial charge in [0, 0.05) is 11.7 Å². The third-order valence-electron chi connectivity index (χ3n) is 2.42. The number of nitrogens with zero attached hydrogens (tertiary/aromatic N) is 1. The fourth-order valence-corrected chi connectivity index (χ4v) is 1.58. The van der Waals surface area contributed by atoms with E-state index in [-0.39, 0.29) is 5.54 Å². The lowest BCUT2D eigenvalue weighted by atomic mass is 10.1. The lowest BCUT2D eigenvalue weighted by Gasteiger charge is -2.20. The third-order valence-corrected chi connectivity index (χ3v) is 2.42. The van der Waals surface area contributed by atoms with Crippen LogP contribution >= 0.6 is 0 Å². The molecule has 0 aliphatic rings. The Kier molecular flexibility index (Phi) is 4.30. The number of hydrogen-bond acceptors (Lipinski definition) is 3. The number of nitrogens with one attached hydrogen (secondary N) is 1. The zero-order valence-electron chi connectivity index (χ0n) is 10.8. The SMILES string of the molecule is Cc1cnc(N)c(CCCNC(C)(C)C)c1. The lowest BCUT2D eigenvalue weighted by molar-refractivity contribution is 0.422. The first-order chi connectivity index (χ1) is 7.38. The van der Waals surface area contributed by atoms with Gasteiger partial charge >= 0.3 is 0 Å². The van der Waals surface area contributed by atoms with E-state index in [2.05, 4.69) is 37.1 Å². The van der Waals surface area contributed by atoms with Crippen molar-refractivity contribution in [1.82, 2.24) is 10.3 Å². The van der Waals surface area contributed by atoms with Gasteiger partial charge in [-0.2, -0.15) is 0 Å². The highest BCUT2D eigenvalue weighted by atomic mass is 14.9. The standard InChI is InChI=1S/C13H23N3/c1-10-8-11(12(14)15-9-10)6-5-7-16-13(2,3)4/h8-9,16H,5-7H2,1-4H3,(H2,14,15). The first-order valence-electron chi connectivity index (χ1n) is 5.84. The van der Waals surface area contributed by atoms with Gasteiger partial charge in [0.15, 0.2) is 0 Å². The highest BCUT2D eigenvalue weighted by Crippen LogP contribution is 2.12. The van der Waals surface area contributed by atoms with E-state index in [4.69, 9.17) is 5.73 Å². The molecule has 0 fully saturated rings. The van der Waals surface area contributed by atoms with Crippen molar-refractivity contribution >= 4 is 5.82 Å². The van der Waals surface area contributed by atoms with E-state index in [1.165, 1.54) is 5.56 Å². The van der Waals surface area contributed by atoms with Crippen molar-refractivity contribution in [2.45, 2.75) is 46.1 Å². The number of pyridine rings is 1. The molecule has 3 nitrogen and oxygen atoms in total. The summed E-state index contributed by atoms with van der Waals surface area (Å²) in [5, 5.41) is 3.46. The second-order valence-electron chi connectivity index (χ2n) is 5.34. The summed E-state index contributed by atoms with van der Waals surface area (Å²) in [6.45, 7) is 9.58. The molecule has 0 aromatic carbocycles. The summed E-state index contributed by atoms with van der Waals surface area (Å²) in [7, 11) is 0. The summed E-state index contributed by atoms with van der Waals surface area (Å²) in [6.07, 6.45) is 3.89. The average Bonchev–Trinajstić information content (AvgIpc) is 2.16. The molecule has 0 aliphatic heterocycles. The molecule has 0 unspecified atom stereocenters. The normalized spacial score (nSPS) is 11.8. The van der Waals surface area contributed by atoms with Crippen LogP contribution in [0.4, 0.5) is 5.82 Å². The zero-order valence-corrected chi connectivity index (χ0v) is 10.8. The van der Waals surface area contributed by atoms with E-state index in [0.717, 1.165) is 24.9 Å². The Hall–Kier alpha value is -1.09. The Morgan fingerprint density at radius 2 is 2.06 bits per heavy atom. The summed E-state index contributed by atoms with van der Waals surface area (Å²) in [4.78, 5) is 4.16. The minimum atomic E-state index is 0.191. The maximum Gasteiger partial charge on any atom is 0.126 e. The number of rotatable bonds is 4. The Morgan fingerprint density at radius 1 is 1.38 bits per heavy atom. The molecule has 16 heavy (non-hydrogen) atoms. The summed E-state index contributed by atoms with van der Waals surface area (Å²) in [6, 6.07) is 2.12. The predicted octanol–water partition coefficient (Wildman–Crippen LogP) is 2.29. The van der Waals surface area contributed by atoms with Crippen molar-refractivity contribution in [3.63, 3.8) is 0 Å². The summed E-state index contributed by atoms with van der Waals surface area (Å²) >= 11 is 0. The summed E-state index contributed by atoms with van der Waals surface area (Å²) in [5.74, 6) is 0.668. The highest BCUT2D eigenvalue weighted by Gasteiger charge is 2.07. The van der Waals surface area contributed by atoms with Crippen LogP contribution in [-0.2, 0) is 6.42 Å². The van der Waals surface area contributed by atoms with Crippen LogP contribution < -0.4 is 11.1 Å². The number of hydrogen-bond donors (Lipinski definition) is 2. The van der Waals surface area contributed by atoms with E-state index in [1.807, 2.05) is 13.1 Å². The maximum absolute atomic E-state index is 5.83. The van der Waals surface area contributed by atoms with Gasteiger partial charge in [0.1, 0.15) is 5.82 Å². The molecule has 1 heterocycles. The summed E-state index contributed by atoms with van der Waals surface area (Å²) in [5.41, 5.74) is 8.35. The second kappa shape index (κ2) is 5.30. The molecule has 3 heteroatoms. The number of nitrogens with two attached hydrogens (primary N) is 1. The molecule has 0 amide bonds. The molecule has 1 rings (SSSR count). The van der Waals surface area contributed by atoms with E-state index in [1.54, 1.807) is 0 Å². The van der Waals surface area contributed by atoms with Crippen LogP contribution in [0.25, 0.3) is 0 Å². The van der Waals surface area contributed by atoms with Gasteiger partial charge in [-0.15, -0.1) is 0 Å². The Morgan fingerprint density at radius 3 is 2.69 bits per heavy atom. The van der Waals surface area contributed by atoms with Crippen molar-refractivity contribution in [1.29, 1.82) is 0 Å². The van der Waals surface area contributed by atoms with E-state index >= 15 is 0 Å². The third kappa shape index (κ3) is 4.62. The van der Waals surface area contributed by atoms with Gasteiger partial charge in [-0.25, -0.2) is 4.98 Å². The van der Waals surface area contributed by atoms with Gasteiger partial charge in [0.2, 0.25) is 0 Å². The number of nitrogen functional groups attached to an aromatic ring is 1. The minimum absolute atomic E-state index is 0.191. The predicted molar refractivity (Wildman–Crippen MR) is 69.5 cm³/mol. The van der Waals surface area contributed by atoms with Crippen LogP contribution in [0.1, 0.15) is 38.3 Å². The van der Waals surface area contributed by atoms with Crippen molar-refractivity contribution in [3.05, 3.63) is 23.4 Å². The first kappa shape index (κ1) is 13.0. The topological polar surface area (TPSA) is 50.9 Å². The molecule has 3 N–H and O–H groups in total. The molecule has 0 spiro atoms. The molecule has 0 saturated heterocycles. The zero-order chi connectivity index (χ0) is 12.2. The second-order valence-corrected chi connectivity index (χ2v) is 5.34. The first-order valence-corrected chi connectivity index (χ1v) is 5.84. The van der Waals surface area contributed by atoms with Gasteiger partial charge in [-0.3, -0.25) is 0 Å². The minimum Gasteiger partial charge on any atom is -0.383 e. The molecule has 0 bridgehead atoms. The van der Waals surface area contributed by atoms with Crippen LogP contribution in [0.3, 0.4) is 0 Å². The molecular weight excluding hydrogens is 198 g/mol. The fourth-order valence-electron chi connectivity index (χ4n) is 1.58. The van der Waals surface area contributed by atoms with Crippen LogP contribution in [0.15, 0.2) is 12.3 Å². The fraction of sp³-hybridized carbons (Fsp3) is 0.615. The Labute approximate surface area is 98.5 Å². The number of aromatic nitrogens is 1. The van der Waals surface area contributed by atoms with Gasteiger partial charge in [-0.05, 0) is 58.2 Å². The van der Waals surface area contributed by atoms with Crippen LogP contribution in [0, 0.1) is 6.92 Å². The highest BCUT2D eigenvalue weighted by molar-refractivity contribution is 5.40. The molecule has 0 aliphatic carbocycles. The molecule has 0 atom stereocenters. The van der Waals surface area contributed by atoms with Crippen LogP contribution in [0.2, 0.25) is 0 Å². The molecule has 1 aromatic rings. The van der Waals surface area contributed by atoms with E-state index in [0.29, 0.717) is 5.82 Å². The van der Waals surface area contributed by atoms with Gasteiger partial charge < -0.3 is 11.1 Å². The van der Waals surface area contributed by atoms with Gasteiger partial charge in [0.25, 0.3) is 0 Å². The van der Waals surface area contributed by atoms with Gasteiger partial charge in [0.05, 0.1) is 0 Å². The smallest absolute Gasteiger partial charge is 0.126 e. The maximum atomic E-state index is 5.83. The van der Waals surface area contributed by atoms with Crippen molar-refractivity contribution < 1.29 is 0 Å². The average molecular weight is 221 g/mol. The molecule has 1 aromatic heterocycles. The lowest BCUT2D eigenvalue weighted by Crippen LogP contribution is -2.36. The van der Waals surface area contributed by atoms with Crippen molar-refractivity contribution in [2.75, 3.05) is 12.3 Å². The van der Waals surface area contributed by atoms with Crippen LogP contribution in [0.5, 0.6) is 0 Å². The Bertz CT molecular complexity index is 340. The summed E-state index contributed by atoms with van der Waals surface area (Å²) < 4.78 is 0. The van der Waals surface area contributed by atoms with E-state index in [9.17, 15) is 0 Å². The Balaban J connectivity index is 2.40. The van der Waals surface area contributed by atoms with Crippen molar-refractivity contribution in [2.24, 2.45) is 0 Å². The van der Waals surface area contributed by atoms with Crippen LogP contribution in [-0.4, -0.2) is 17.1 Å². The van der Waals surface area contributed by atoms with E-state index < -0.39 is 0 Å². The monoisotopic (exact) mass is 221 g/mol. The van der Waals surface area contributed by atoms with Gasteiger partial charge in [-0.1, -0.05) is 6.07 Å². The number of anilines is 1. The molecular formula is C13H23N3. The molecule has 0 radical (unpaired) electrons. The largest absolute Gasteiger partial charge is 0.383 e. The molecule has 90 valence electrons. The van der Waals surface area contributed by atoms with Crippen molar-refractivity contribution in [3.8, 4) is 0 Å².